The fourth-order valence-corrected chi connectivity index (χ4v) is 6.48. The molecule has 2 aliphatic heterocycles. The number of nitrogens with one attached hydrogen (secondary N) is 1. The maximum Gasteiger partial charge on any atom is 0.352 e. The lowest BCUT2D eigenvalue weighted by molar-refractivity contribution is -0.150. The summed E-state index contributed by atoms with van der Waals surface area (Å²) in [4.78, 5) is 48.3. The number of nitrogen functional groups attached to an aromatic ring is 1. The van der Waals surface area contributed by atoms with Crippen molar-refractivity contribution in [3.63, 3.8) is 0 Å². The zero-order valence-electron chi connectivity index (χ0n) is 19.4. The van der Waals surface area contributed by atoms with E-state index in [1.807, 2.05) is 6.92 Å². The normalized spacial score (nSPS) is 19.2. The third-order valence-electron chi connectivity index (χ3n) is 5.13. The Morgan fingerprint density at radius 3 is 2.97 bits per heavy atom. The molecule has 194 valence electrons. The van der Waals surface area contributed by atoms with Crippen molar-refractivity contribution in [3.8, 4) is 12.3 Å². The average molecular weight is 564 g/mol. The van der Waals surface area contributed by atoms with Gasteiger partial charge < -0.3 is 21.0 Å². The van der Waals surface area contributed by atoms with Gasteiger partial charge in [0.25, 0.3) is 11.8 Å². The molecule has 1 saturated heterocycles. The Balaban J connectivity index is 1.48. The number of carbonyl (C=O) groups is 3. The summed E-state index contributed by atoms with van der Waals surface area (Å²) >= 11 is 3.75. The number of aryl methyl sites for hydroxylation is 1. The molecule has 2 aromatic rings. The molecule has 0 aliphatic carbocycles. The number of anilines is 1. The molecule has 17 heteroatoms. The smallest absolute Gasteiger partial charge is 0.352 e. The number of oxime groups is 1. The third-order valence-corrected chi connectivity index (χ3v) is 8.19. The highest BCUT2D eigenvalue weighted by molar-refractivity contribution is 8.01. The molecule has 1 fully saturated rings. The van der Waals surface area contributed by atoms with Crippen LogP contribution in [0.2, 0.25) is 0 Å². The first kappa shape index (κ1) is 26.4. The average Bonchev–Trinajstić information content (AvgIpc) is 3.51. The van der Waals surface area contributed by atoms with Gasteiger partial charge in [0.15, 0.2) is 17.5 Å². The molecule has 37 heavy (non-hydrogen) atoms. The van der Waals surface area contributed by atoms with Crippen LogP contribution in [0.15, 0.2) is 27.0 Å². The molecule has 2 atom stereocenters. The van der Waals surface area contributed by atoms with E-state index < -0.39 is 29.2 Å². The predicted molar refractivity (Wildman–Crippen MR) is 136 cm³/mol. The van der Waals surface area contributed by atoms with Gasteiger partial charge in [0.2, 0.25) is 5.16 Å². The van der Waals surface area contributed by atoms with E-state index in [0.29, 0.717) is 28.8 Å². The van der Waals surface area contributed by atoms with Crippen molar-refractivity contribution < 1.29 is 24.3 Å². The summed E-state index contributed by atoms with van der Waals surface area (Å²) in [5.41, 5.74) is 6.08. The molecule has 2 aliphatic rings. The molecule has 2 amide bonds. The number of nitrogens with two attached hydrogens (primary N) is 1. The monoisotopic (exact) mass is 563 g/mol. The van der Waals surface area contributed by atoms with Gasteiger partial charge in [-0.05, 0) is 22.4 Å². The Morgan fingerprint density at radius 2 is 2.30 bits per heavy atom. The number of thiazole rings is 1. The topological polar surface area (TPSA) is 191 Å². The summed E-state index contributed by atoms with van der Waals surface area (Å²) in [7, 11) is 0. The Kier molecular flexibility index (Phi) is 8.31. The van der Waals surface area contributed by atoms with Crippen molar-refractivity contribution in [3.05, 3.63) is 22.3 Å². The number of rotatable bonds is 11. The summed E-state index contributed by atoms with van der Waals surface area (Å²) in [6, 6.07) is -0.966. The van der Waals surface area contributed by atoms with Gasteiger partial charge >= 0.3 is 5.97 Å². The lowest BCUT2D eigenvalue weighted by Gasteiger charge is -2.49. The van der Waals surface area contributed by atoms with Crippen LogP contribution in [0.25, 0.3) is 0 Å². The van der Waals surface area contributed by atoms with Crippen LogP contribution in [0.4, 0.5) is 5.13 Å². The van der Waals surface area contributed by atoms with Gasteiger partial charge in [0.1, 0.15) is 22.8 Å². The lowest BCUT2D eigenvalue weighted by atomic mass is 10.0. The molecule has 4 rings (SSSR count). The van der Waals surface area contributed by atoms with Crippen LogP contribution < -0.4 is 11.1 Å². The Morgan fingerprint density at radius 1 is 1.49 bits per heavy atom. The van der Waals surface area contributed by atoms with Crippen LogP contribution in [-0.2, 0) is 25.8 Å². The molecule has 0 aromatic carbocycles. The van der Waals surface area contributed by atoms with Gasteiger partial charge in [-0.25, -0.2) is 14.5 Å². The second-order valence-corrected chi connectivity index (χ2v) is 10.5. The number of nitrogens with zero attached hydrogens (tertiary/aromatic N) is 7. The van der Waals surface area contributed by atoms with E-state index in [4.69, 9.17) is 17.0 Å². The van der Waals surface area contributed by atoms with Crippen molar-refractivity contribution in [2.24, 2.45) is 5.16 Å². The maximum atomic E-state index is 13.0. The SMILES string of the molecule is C#CCON=C(C(=O)NC1C(=O)N2C(C(=O)O)=C(CSc3nnnn3CCC)CS[C@@H]12)c1csc(N)n1. The number of aromatic nitrogens is 5. The van der Waals surface area contributed by atoms with E-state index >= 15 is 0 Å². The second kappa shape index (κ2) is 11.6. The Bertz CT molecular complexity index is 1310. The molecule has 14 nitrogen and oxygen atoms in total. The summed E-state index contributed by atoms with van der Waals surface area (Å²) in [6.07, 6.45) is 6.00. The van der Waals surface area contributed by atoms with E-state index in [1.54, 1.807) is 4.68 Å². The molecule has 0 spiro atoms. The molecule has 1 unspecified atom stereocenters. The number of carbonyl (C=O) groups excluding carboxylic acids is 2. The van der Waals surface area contributed by atoms with E-state index in [-0.39, 0.29) is 28.8 Å². The van der Waals surface area contributed by atoms with Crippen LogP contribution in [0.1, 0.15) is 19.0 Å². The molecule has 0 radical (unpaired) electrons. The number of carboxylic acid groups (broad SMARTS) is 1. The van der Waals surface area contributed by atoms with Crippen molar-refractivity contribution in [1.82, 2.24) is 35.4 Å². The maximum absolute atomic E-state index is 13.0. The number of terminal acetylenes is 1. The zero-order valence-corrected chi connectivity index (χ0v) is 21.8. The highest BCUT2D eigenvalue weighted by atomic mass is 32.2. The minimum absolute atomic E-state index is 0.0974. The van der Waals surface area contributed by atoms with Crippen LogP contribution in [-0.4, -0.2) is 88.2 Å². The van der Waals surface area contributed by atoms with Crippen molar-refractivity contribution in [2.75, 3.05) is 23.8 Å². The lowest BCUT2D eigenvalue weighted by Crippen LogP contribution is -2.71. The fourth-order valence-electron chi connectivity index (χ4n) is 3.54. The number of thioether (sulfide) groups is 2. The van der Waals surface area contributed by atoms with Gasteiger partial charge in [0, 0.05) is 23.4 Å². The first-order valence-electron chi connectivity index (χ1n) is 10.8. The number of amides is 2. The van der Waals surface area contributed by atoms with E-state index in [0.717, 1.165) is 17.8 Å². The van der Waals surface area contributed by atoms with Gasteiger partial charge in [-0.3, -0.25) is 14.5 Å². The second-order valence-electron chi connectivity index (χ2n) is 7.58. The first-order valence-corrected chi connectivity index (χ1v) is 13.7. The van der Waals surface area contributed by atoms with E-state index in [2.05, 4.69) is 36.9 Å². The van der Waals surface area contributed by atoms with Crippen molar-refractivity contribution in [2.45, 2.75) is 36.5 Å². The summed E-state index contributed by atoms with van der Waals surface area (Å²) in [5, 5.41) is 29.5. The summed E-state index contributed by atoms with van der Waals surface area (Å²) < 4.78 is 1.65. The zero-order chi connectivity index (χ0) is 26.5. The third kappa shape index (κ3) is 5.55. The standard InChI is InChI=1S/C20H21N9O5S3/c1-3-5-28-20(24-26-27-28)37-8-10-7-35-17-13(16(31)29(17)14(10)18(32)33)23-15(30)12(25-34-6-4-2)11-9-36-19(21)22-11/h2,9,13,17H,3,5-8H2,1H3,(H2,21,22)(H,23,30)(H,32,33)/t13?,17-/m0/s1. The number of hydrogen-bond acceptors (Lipinski definition) is 13. The van der Waals surface area contributed by atoms with Crippen LogP contribution in [0, 0.1) is 12.3 Å². The number of tetrazole rings is 1. The van der Waals surface area contributed by atoms with Gasteiger partial charge in [0.05, 0.1) is 0 Å². The van der Waals surface area contributed by atoms with E-state index in [9.17, 15) is 19.5 Å². The number of hydrogen-bond donors (Lipinski definition) is 3. The molecule has 0 bridgehead atoms. The number of aliphatic carboxylic acids is 1. The predicted octanol–water partition coefficient (Wildman–Crippen LogP) is 0.00660. The van der Waals surface area contributed by atoms with Crippen LogP contribution >= 0.6 is 34.9 Å². The van der Waals surface area contributed by atoms with Crippen molar-refractivity contribution >= 4 is 63.5 Å². The fraction of sp³-hybridized carbons (Fsp3) is 0.400. The summed E-state index contributed by atoms with van der Waals surface area (Å²) in [5.74, 6) is 0.361. The van der Waals surface area contributed by atoms with Crippen molar-refractivity contribution in [1.29, 1.82) is 0 Å². The minimum atomic E-state index is -1.23. The minimum Gasteiger partial charge on any atom is -0.477 e. The largest absolute Gasteiger partial charge is 0.477 e. The highest BCUT2D eigenvalue weighted by Gasteiger charge is 2.54. The molecular formula is C20H21N9O5S3. The quantitative estimate of drug-likeness (QED) is 0.0830. The van der Waals surface area contributed by atoms with Crippen LogP contribution in [0.3, 0.4) is 0 Å². The Labute approximate surface area is 223 Å². The molecule has 0 saturated carbocycles. The number of β-lactam (4-membered cyclic amide) rings is 1. The number of carboxylic acids is 1. The van der Waals surface area contributed by atoms with Crippen LogP contribution in [0.5, 0.6) is 0 Å². The van der Waals surface area contributed by atoms with E-state index in [1.165, 1.54) is 33.8 Å². The first-order chi connectivity index (χ1) is 17.8. The van der Waals surface area contributed by atoms with Gasteiger partial charge in [-0.2, -0.15) is 0 Å². The van der Waals surface area contributed by atoms with Gasteiger partial charge in [-0.15, -0.1) is 34.6 Å². The van der Waals surface area contributed by atoms with Gasteiger partial charge in [-0.1, -0.05) is 29.8 Å². The molecule has 4 N–H and O–H groups in total. The number of fused-ring (bicyclic) bond motifs is 1. The molecular weight excluding hydrogens is 542 g/mol. The molecule has 4 heterocycles. The highest BCUT2D eigenvalue weighted by Crippen LogP contribution is 2.41. The summed E-state index contributed by atoms with van der Waals surface area (Å²) in [6.45, 7) is 2.45. The Hall–Kier alpha value is -3.62. The molecule has 2 aromatic heterocycles.